The lowest BCUT2D eigenvalue weighted by molar-refractivity contribution is -0.135. The van der Waals surface area contributed by atoms with Crippen LogP contribution in [0.2, 0.25) is 0 Å². The number of piperidine rings is 1. The minimum Gasteiger partial charge on any atom is -0.493 e. The third-order valence-corrected chi connectivity index (χ3v) is 7.90. The van der Waals surface area contributed by atoms with E-state index in [0.29, 0.717) is 58.6 Å². The van der Waals surface area contributed by atoms with E-state index in [1.54, 1.807) is 43.6 Å². The maximum Gasteiger partial charge on any atom is 0.316 e. The van der Waals surface area contributed by atoms with E-state index in [-0.39, 0.29) is 18.0 Å². The summed E-state index contributed by atoms with van der Waals surface area (Å²) in [5.74, 6) is -0.0286. The van der Waals surface area contributed by atoms with Gasteiger partial charge < -0.3 is 39.6 Å². The van der Waals surface area contributed by atoms with E-state index in [1.165, 1.54) is 26.4 Å². The van der Waals surface area contributed by atoms with E-state index >= 15 is 4.39 Å². The zero-order valence-electron chi connectivity index (χ0n) is 26.0. The summed E-state index contributed by atoms with van der Waals surface area (Å²) in [5, 5.41) is 3.95. The third kappa shape index (κ3) is 7.40. The fourth-order valence-corrected chi connectivity index (χ4v) is 5.36. The summed E-state index contributed by atoms with van der Waals surface area (Å²) in [4.78, 5) is 30.2. The normalized spacial score (nSPS) is 13.2. The molecule has 4 aromatic rings. The number of hydrogen-bond donors (Lipinski definition) is 2. The van der Waals surface area contributed by atoms with E-state index < -0.39 is 17.6 Å². The lowest BCUT2D eigenvalue weighted by atomic mass is 9.99. The molecule has 3 aromatic carbocycles. The molecule has 1 aliphatic heterocycles. The molecule has 0 bridgehead atoms. The Morgan fingerprint density at radius 3 is 2.30 bits per heavy atom. The van der Waals surface area contributed by atoms with Gasteiger partial charge in [-0.05, 0) is 80.2 Å². The molecule has 0 radical (unpaired) electrons. The number of benzene rings is 3. The summed E-state index contributed by atoms with van der Waals surface area (Å²) in [7, 11) is 4.60. The van der Waals surface area contributed by atoms with Crippen molar-refractivity contribution in [3.63, 3.8) is 0 Å². The van der Waals surface area contributed by atoms with Gasteiger partial charge in [0.2, 0.25) is 0 Å². The van der Waals surface area contributed by atoms with Crippen LogP contribution >= 0.6 is 0 Å². The summed E-state index contributed by atoms with van der Waals surface area (Å²) in [6, 6.07) is 14.5. The molecule has 2 heterocycles. The van der Waals surface area contributed by atoms with Gasteiger partial charge in [-0.1, -0.05) is 6.07 Å². The van der Waals surface area contributed by atoms with Crippen molar-refractivity contribution in [1.82, 2.24) is 10.3 Å². The molecule has 0 spiro atoms. The zero-order chi connectivity index (χ0) is 32.6. The van der Waals surface area contributed by atoms with Crippen LogP contribution in [0.3, 0.4) is 0 Å². The number of aromatic nitrogens is 1. The van der Waals surface area contributed by atoms with Crippen LogP contribution < -0.4 is 39.6 Å². The van der Waals surface area contributed by atoms with Crippen molar-refractivity contribution in [3.8, 4) is 34.5 Å². The van der Waals surface area contributed by atoms with Gasteiger partial charge in [-0.2, -0.15) is 0 Å². The Kier molecular flexibility index (Phi) is 10.4. The van der Waals surface area contributed by atoms with Gasteiger partial charge in [0.1, 0.15) is 5.75 Å². The first-order chi connectivity index (χ1) is 22.3. The van der Waals surface area contributed by atoms with Crippen LogP contribution in [0.25, 0.3) is 10.9 Å². The van der Waals surface area contributed by atoms with Gasteiger partial charge in [-0.15, -0.1) is 0 Å². The first-order valence-corrected chi connectivity index (χ1v) is 14.9. The number of amides is 2. The Morgan fingerprint density at radius 2 is 1.61 bits per heavy atom. The molecule has 2 amide bonds. The molecule has 1 fully saturated rings. The number of halogens is 1. The summed E-state index contributed by atoms with van der Waals surface area (Å²) in [6.07, 6.45) is 3.98. The molecule has 0 unspecified atom stereocenters. The molecule has 11 nitrogen and oxygen atoms in total. The number of carbonyl (C=O) groups is 2. The summed E-state index contributed by atoms with van der Waals surface area (Å²) in [6.45, 7) is 2.57. The smallest absolute Gasteiger partial charge is 0.316 e. The molecule has 3 N–H and O–H groups in total. The summed E-state index contributed by atoms with van der Waals surface area (Å²) in [5.41, 5.74) is 6.87. The molecule has 0 aliphatic carbocycles. The molecule has 12 heteroatoms. The van der Waals surface area contributed by atoms with E-state index in [4.69, 9.17) is 29.4 Å². The molecule has 1 aliphatic rings. The third-order valence-electron chi connectivity index (χ3n) is 7.90. The molecular formula is C34H37FN4O7. The second kappa shape index (κ2) is 14.8. The Balaban J connectivity index is 1.36. The minimum atomic E-state index is -1.16. The number of carbonyl (C=O) groups excluding carboxylic acids is 2. The number of pyridine rings is 1. The van der Waals surface area contributed by atoms with E-state index in [0.717, 1.165) is 42.5 Å². The SMILES string of the molecule is COc1ccc(CCN(C(=O)C(N)=O)c2ccc(Oc3ccnc4cc(OCC5CCNCC5)c(OC)cc34)c(F)c2)cc1OC. The van der Waals surface area contributed by atoms with Crippen molar-refractivity contribution in [3.05, 3.63) is 72.2 Å². The molecule has 46 heavy (non-hydrogen) atoms. The van der Waals surface area contributed by atoms with Gasteiger partial charge in [0.05, 0.1) is 33.5 Å². The van der Waals surface area contributed by atoms with E-state index in [1.807, 2.05) is 6.07 Å². The van der Waals surface area contributed by atoms with Crippen molar-refractivity contribution in [2.75, 3.05) is 52.5 Å². The quantitative estimate of drug-likeness (QED) is 0.214. The Morgan fingerprint density at radius 1 is 0.891 bits per heavy atom. The maximum atomic E-state index is 15.5. The lowest BCUT2D eigenvalue weighted by Crippen LogP contribution is -2.41. The highest BCUT2D eigenvalue weighted by atomic mass is 19.1. The standard InChI is InChI=1S/C34H37FN4O7/c1-42-29-6-4-21(16-30(29)43-2)11-15-39(34(41)33(36)40)23-5-7-28(25(35)17-23)46-27-10-14-38-26-19-32(31(44-3)18-24(26)27)45-20-22-8-12-37-13-9-22/h4-7,10,14,16-19,22,37H,8-9,11-13,15,20H2,1-3H3,(H2,36,40). The highest BCUT2D eigenvalue weighted by Gasteiger charge is 2.23. The molecule has 0 atom stereocenters. The van der Waals surface area contributed by atoms with Gasteiger partial charge in [-0.25, -0.2) is 4.39 Å². The average molecular weight is 633 g/mol. The largest absolute Gasteiger partial charge is 0.493 e. The number of nitrogens with zero attached hydrogens (tertiary/aromatic N) is 2. The van der Waals surface area contributed by atoms with Crippen molar-refractivity contribution in [2.24, 2.45) is 11.7 Å². The lowest BCUT2D eigenvalue weighted by Gasteiger charge is -2.23. The number of fused-ring (bicyclic) bond motifs is 1. The average Bonchev–Trinajstić information content (AvgIpc) is 3.08. The van der Waals surface area contributed by atoms with Crippen LogP contribution in [-0.4, -0.2) is 64.4 Å². The number of hydrogen-bond acceptors (Lipinski definition) is 9. The van der Waals surface area contributed by atoms with Gasteiger partial charge in [0.25, 0.3) is 0 Å². The number of nitrogens with two attached hydrogens (primary N) is 1. The Bertz CT molecular complexity index is 1710. The van der Waals surface area contributed by atoms with Crippen molar-refractivity contribution in [2.45, 2.75) is 19.3 Å². The molecule has 5 rings (SSSR count). The van der Waals surface area contributed by atoms with Crippen LogP contribution in [-0.2, 0) is 16.0 Å². The topological polar surface area (TPSA) is 134 Å². The second-order valence-electron chi connectivity index (χ2n) is 10.8. The number of anilines is 1. The van der Waals surface area contributed by atoms with Crippen molar-refractivity contribution in [1.29, 1.82) is 0 Å². The molecule has 242 valence electrons. The van der Waals surface area contributed by atoms with Crippen LogP contribution in [0.4, 0.5) is 10.1 Å². The van der Waals surface area contributed by atoms with Gasteiger partial charge in [-0.3, -0.25) is 14.6 Å². The predicted molar refractivity (Wildman–Crippen MR) is 171 cm³/mol. The van der Waals surface area contributed by atoms with E-state index in [2.05, 4.69) is 10.3 Å². The Hall–Kier alpha value is -5.10. The first kappa shape index (κ1) is 32.3. The molecule has 0 saturated carbocycles. The minimum absolute atomic E-state index is 0.0493. The molecular weight excluding hydrogens is 595 g/mol. The van der Waals surface area contributed by atoms with Crippen LogP contribution in [0.15, 0.2) is 60.8 Å². The second-order valence-corrected chi connectivity index (χ2v) is 10.8. The van der Waals surface area contributed by atoms with Gasteiger partial charge >= 0.3 is 11.8 Å². The predicted octanol–water partition coefficient (Wildman–Crippen LogP) is 4.63. The van der Waals surface area contributed by atoms with Gasteiger partial charge in [0, 0.05) is 35.9 Å². The van der Waals surface area contributed by atoms with Crippen LogP contribution in [0.1, 0.15) is 18.4 Å². The fraction of sp³-hybridized carbons (Fsp3) is 0.324. The Labute approximate surface area is 266 Å². The maximum absolute atomic E-state index is 15.5. The number of rotatable bonds is 12. The summed E-state index contributed by atoms with van der Waals surface area (Å²) >= 11 is 0. The number of methoxy groups -OCH3 is 3. The fourth-order valence-electron chi connectivity index (χ4n) is 5.36. The first-order valence-electron chi connectivity index (χ1n) is 14.9. The van der Waals surface area contributed by atoms with Crippen LogP contribution in [0.5, 0.6) is 34.5 Å². The van der Waals surface area contributed by atoms with E-state index in [9.17, 15) is 9.59 Å². The molecule has 1 saturated heterocycles. The highest BCUT2D eigenvalue weighted by molar-refractivity contribution is 6.39. The zero-order valence-corrected chi connectivity index (χ0v) is 26.0. The molecule has 1 aromatic heterocycles. The monoisotopic (exact) mass is 632 g/mol. The van der Waals surface area contributed by atoms with Crippen LogP contribution in [0, 0.1) is 11.7 Å². The summed E-state index contributed by atoms with van der Waals surface area (Å²) < 4.78 is 43.9. The highest BCUT2D eigenvalue weighted by Crippen LogP contribution is 2.38. The number of nitrogens with one attached hydrogen (secondary N) is 1. The van der Waals surface area contributed by atoms with Gasteiger partial charge in [0.15, 0.2) is 34.6 Å². The number of ether oxygens (including phenoxy) is 5. The van der Waals surface area contributed by atoms with Crippen molar-refractivity contribution < 1.29 is 37.7 Å². The number of primary amides is 1. The van der Waals surface area contributed by atoms with Crippen molar-refractivity contribution >= 4 is 28.4 Å².